The van der Waals surface area contributed by atoms with Gasteiger partial charge in [-0.15, -0.1) is 11.3 Å². The van der Waals surface area contributed by atoms with Gasteiger partial charge in [-0.3, -0.25) is 4.79 Å². The minimum Gasteiger partial charge on any atom is -0.467 e. The van der Waals surface area contributed by atoms with Gasteiger partial charge in [-0.2, -0.15) is 0 Å². The van der Waals surface area contributed by atoms with Gasteiger partial charge in [0.15, 0.2) is 0 Å². The van der Waals surface area contributed by atoms with Gasteiger partial charge in [0.1, 0.15) is 11.5 Å². The molecule has 0 bridgehead atoms. The molecule has 3 heterocycles. The Morgan fingerprint density at radius 3 is 2.79 bits per heavy atom. The van der Waals surface area contributed by atoms with Crippen LogP contribution in [0, 0.1) is 0 Å². The number of hydrogen-bond donors (Lipinski definition) is 1. The van der Waals surface area contributed by atoms with E-state index >= 15 is 0 Å². The number of hydrogen-bond acceptors (Lipinski definition) is 4. The highest BCUT2D eigenvalue weighted by atomic mass is 32.1. The van der Waals surface area contributed by atoms with Crippen LogP contribution < -0.4 is 5.32 Å². The van der Waals surface area contributed by atoms with E-state index in [0.29, 0.717) is 11.4 Å². The quantitative estimate of drug-likeness (QED) is 0.791. The zero-order valence-corrected chi connectivity index (χ0v) is 10.8. The monoisotopic (exact) mass is 273 g/mol. The predicted octanol–water partition coefficient (Wildman–Crippen LogP) is 3.53. The van der Waals surface area contributed by atoms with E-state index in [-0.39, 0.29) is 5.91 Å². The van der Waals surface area contributed by atoms with Gasteiger partial charge in [0.05, 0.1) is 23.9 Å². The number of carbonyl (C=O) groups is 1. The first-order valence-electron chi connectivity index (χ1n) is 5.76. The lowest BCUT2D eigenvalue weighted by molar-refractivity contribution is 0.0952. The Morgan fingerprint density at radius 1 is 1.21 bits per heavy atom. The molecule has 3 rings (SSSR count). The summed E-state index contributed by atoms with van der Waals surface area (Å²) in [5, 5.41) is 4.71. The van der Waals surface area contributed by atoms with Crippen LogP contribution in [0.3, 0.4) is 0 Å². The van der Waals surface area contributed by atoms with Crippen LogP contribution in [-0.2, 0) is 6.54 Å². The minimum absolute atomic E-state index is 0.112. The van der Waals surface area contributed by atoms with Gasteiger partial charge in [0.2, 0.25) is 0 Å². The van der Waals surface area contributed by atoms with Crippen molar-refractivity contribution in [3.8, 4) is 11.3 Å². The molecular formula is C14H11NO3S. The van der Waals surface area contributed by atoms with Crippen molar-refractivity contribution in [3.05, 3.63) is 58.9 Å². The summed E-state index contributed by atoms with van der Waals surface area (Å²) < 4.78 is 10.4. The molecule has 0 aromatic carbocycles. The average Bonchev–Trinajstić information content (AvgIpc) is 3.14. The number of thiophene rings is 1. The zero-order chi connectivity index (χ0) is 13.1. The van der Waals surface area contributed by atoms with E-state index < -0.39 is 0 Å². The molecule has 0 radical (unpaired) electrons. The SMILES string of the molecule is O=C(NCc1ccco1)c1cc(-c2ccco2)cs1. The number of carbonyl (C=O) groups excluding carboxylic acids is 1. The van der Waals surface area contributed by atoms with Gasteiger partial charge in [0, 0.05) is 10.9 Å². The molecule has 0 saturated carbocycles. The summed E-state index contributed by atoms with van der Waals surface area (Å²) in [6.07, 6.45) is 3.20. The second-order valence-corrected chi connectivity index (χ2v) is 4.85. The van der Waals surface area contributed by atoms with Crippen molar-refractivity contribution in [2.24, 2.45) is 0 Å². The molecule has 0 fully saturated rings. The van der Waals surface area contributed by atoms with Crippen LogP contribution in [0.5, 0.6) is 0 Å². The van der Waals surface area contributed by atoms with Gasteiger partial charge >= 0.3 is 0 Å². The highest BCUT2D eigenvalue weighted by Crippen LogP contribution is 2.25. The lowest BCUT2D eigenvalue weighted by Gasteiger charge is -1.99. The second-order valence-electron chi connectivity index (χ2n) is 3.94. The largest absolute Gasteiger partial charge is 0.467 e. The molecule has 3 aromatic rings. The molecule has 0 aliphatic carbocycles. The van der Waals surface area contributed by atoms with E-state index in [0.717, 1.165) is 17.1 Å². The van der Waals surface area contributed by atoms with Gasteiger partial charge in [-0.1, -0.05) is 0 Å². The number of nitrogens with one attached hydrogen (secondary N) is 1. The third-order valence-electron chi connectivity index (χ3n) is 2.63. The fourth-order valence-electron chi connectivity index (χ4n) is 1.70. The maximum Gasteiger partial charge on any atom is 0.261 e. The third kappa shape index (κ3) is 2.61. The molecule has 0 spiro atoms. The molecule has 19 heavy (non-hydrogen) atoms. The van der Waals surface area contributed by atoms with Crippen molar-refractivity contribution < 1.29 is 13.6 Å². The number of amides is 1. The van der Waals surface area contributed by atoms with E-state index in [1.165, 1.54) is 11.3 Å². The Hall–Kier alpha value is -2.27. The zero-order valence-electron chi connectivity index (χ0n) is 9.96. The molecule has 1 amide bonds. The summed E-state index contributed by atoms with van der Waals surface area (Å²) in [6.45, 7) is 0.389. The van der Waals surface area contributed by atoms with Crippen LogP contribution in [0.25, 0.3) is 11.3 Å². The first-order chi connectivity index (χ1) is 9.33. The molecule has 96 valence electrons. The molecule has 0 aliphatic heterocycles. The van der Waals surface area contributed by atoms with E-state index in [1.807, 2.05) is 29.6 Å². The van der Waals surface area contributed by atoms with Crippen molar-refractivity contribution in [3.63, 3.8) is 0 Å². The highest BCUT2D eigenvalue weighted by Gasteiger charge is 2.11. The Labute approximate surface area is 113 Å². The summed E-state index contributed by atoms with van der Waals surface area (Å²) in [4.78, 5) is 12.6. The van der Waals surface area contributed by atoms with Crippen LogP contribution in [0.1, 0.15) is 15.4 Å². The first-order valence-corrected chi connectivity index (χ1v) is 6.64. The van der Waals surface area contributed by atoms with Crippen LogP contribution in [-0.4, -0.2) is 5.91 Å². The average molecular weight is 273 g/mol. The number of rotatable bonds is 4. The van der Waals surface area contributed by atoms with Crippen LogP contribution in [0.4, 0.5) is 0 Å². The Kier molecular flexibility index (Phi) is 3.20. The van der Waals surface area contributed by atoms with Gasteiger partial charge in [-0.25, -0.2) is 0 Å². The van der Waals surface area contributed by atoms with E-state index in [9.17, 15) is 4.79 Å². The summed E-state index contributed by atoms with van der Waals surface area (Å²) in [5.41, 5.74) is 0.915. The van der Waals surface area contributed by atoms with Crippen LogP contribution >= 0.6 is 11.3 Å². The lowest BCUT2D eigenvalue weighted by atomic mass is 10.2. The summed E-state index contributed by atoms with van der Waals surface area (Å²) >= 11 is 1.39. The fraction of sp³-hybridized carbons (Fsp3) is 0.0714. The molecule has 5 heteroatoms. The molecule has 1 N–H and O–H groups in total. The molecule has 3 aromatic heterocycles. The number of furan rings is 2. The smallest absolute Gasteiger partial charge is 0.261 e. The maximum atomic E-state index is 11.9. The van der Waals surface area contributed by atoms with Crippen LogP contribution in [0.15, 0.2) is 57.1 Å². The Bertz CT molecular complexity index is 653. The van der Waals surface area contributed by atoms with Gasteiger partial charge in [0.25, 0.3) is 5.91 Å². The van der Waals surface area contributed by atoms with Gasteiger partial charge < -0.3 is 14.2 Å². The van der Waals surface area contributed by atoms with Crippen molar-refractivity contribution >= 4 is 17.2 Å². The van der Waals surface area contributed by atoms with E-state index in [1.54, 1.807) is 18.6 Å². The predicted molar refractivity (Wildman–Crippen MR) is 71.9 cm³/mol. The molecule has 0 unspecified atom stereocenters. The summed E-state index contributed by atoms with van der Waals surface area (Å²) in [6, 6.07) is 9.13. The Balaban J connectivity index is 1.67. The van der Waals surface area contributed by atoms with Crippen LogP contribution in [0.2, 0.25) is 0 Å². The molecular weight excluding hydrogens is 262 g/mol. The van der Waals surface area contributed by atoms with E-state index in [2.05, 4.69) is 5.32 Å². The normalized spacial score (nSPS) is 10.5. The molecule has 0 atom stereocenters. The molecule has 4 nitrogen and oxygen atoms in total. The Morgan fingerprint density at radius 2 is 2.05 bits per heavy atom. The van der Waals surface area contributed by atoms with Gasteiger partial charge in [-0.05, 0) is 30.3 Å². The first kappa shape index (κ1) is 11.8. The summed E-state index contributed by atoms with van der Waals surface area (Å²) in [5.74, 6) is 1.39. The topological polar surface area (TPSA) is 55.4 Å². The maximum absolute atomic E-state index is 11.9. The van der Waals surface area contributed by atoms with Crippen molar-refractivity contribution in [1.29, 1.82) is 0 Å². The van der Waals surface area contributed by atoms with E-state index in [4.69, 9.17) is 8.83 Å². The lowest BCUT2D eigenvalue weighted by Crippen LogP contribution is -2.21. The van der Waals surface area contributed by atoms with Crippen molar-refractivity contribution in [2.45, 2.75) is 6.54 Å². The minimum atomic E-state index is -0.112. The van der Waals surface area contributed by atoms with Crippen molar-refractivity contribution in [2.75, 3.05) is 0 Å². The third-order valence-corrected chi connectivity index (χ3v) is 3.56. The molecule has 0 saturated heterocycles. The fourth-order valence-corrected chi connectivity index (χ4v) is 2.51. The van der Waals surface area contributed by atoms with Crippen molar-refractivity contribution in [1.82, 2.24) is 5.32 Å². The highest BCUT2D eigenvalue weighted by molar-refractivity contribution is 7.12. The molecule has 0 aliphatic rings. The second kappa shape index (κ2) is 5.16. The summed E-state index contributed by atoms with van der Waals surface area (Å²) in [7, 11) is 0. The standard InChI is InChI=1S/C14H11NO3S/c16-14(15-8-11-3-1-5-17-11)13-7-10(9-19-13)12-4-2-6-18-12/h1-7,9H,8H2,(H,15,16).